The van der Waals surface area contributed by atoms with Crippen LogP contribution in [0.15, 0.2) is 54.6 Å². The van der Waals surface area contributed by atoms with Crippen LogP contribution >= 0.6 is 0 Å². The minimum absolute atomic E-state index is 0.530. The first-order valence-corrected chi connectivity index (χ1v) is 5.03. The van der Waals surface area contributed by atoms with E-state index in [1.807, 2.05) is 42.5 Å². The molecular formula is C14H11NO. The van der Waals surface area contributed by atoms with Gasteiger partial charge >= 0.3 is 0 Å². The van der Waals surface area contributed by atoms with Gasteiger partial charge in [0.2, 0.25) is 0 Å². The van der Waals surface area contributed by atoms with Crippen molar-refractivity contribution < 1.29 is 4.74 Å². The molecule has 0 bridgehead atoms. The van der Waals surface area contributed by atoms with E-state index in [4.69, 9.17) is 11.3 Å². The first-order valence-electron chi connectivity index (χ1n) is 5.03. The van der Waals surface area contributed by atoms with Gasteiger partial charge < -0.3 is 4.74 Å². The van der Waals surface area contributed by atoms with Crippen LogP contribution in [0.1, 0.15) is 5.56 Å². The maximum absolute atomic E-state index is 6.91. The molecule has 2 nitrogen and oxygen atoms in total. The third-order valence-corrected chi connectivity index (χ3v) is 2.20. The summed E-state index contributed by atoms with van der Waals surface area (Å²) in [6, 6.07) is 17.2. The molecule has 0 amide bonds. The lowest BCUT2D eigenvalue weighted by Crippen LogP contribution is -1.94. The van der Waals surface area contributed by atoms with Crippen LogP contribution in [0, 0.1) is 6.57 Å². The molecule has 2 aromatic rings. The molecule has 2 rings (SSSR count). The SMILES string of the molecule is [C-]#[N+]c1cccc(OCc2ccccc2)c1. The molecule has 0 aromatic heterocycles. The third-order valence-electron chi connectivity index (χ3n) is 2.20. The van der Waals surface area contributed by atoms with Gasteiger partial charge in [0.25, 0.3) is 0 Å². The summed E-state index contributed by atoms with van der Waals surface area (Å²) in [6.45, 7) is 7.44. The van der Waals surface area contributed by atoms with Gasteiger partial charge in [-0.25, -0.2) is 4.85 Å². The van der Waals surface area contributed by atoms with Gasteiger partial charge in [0, 0.05) is 0 Å². The zero-order valence-corrected chi connectivity index (χ0v) is 8.76. The van der Waals surface area contributed by atoms with Gasteiger partial charge in [0.05, 0.1) is 6.57 Å². The Balaban J connectivity index is 2.03. The van der Waals surface area contributed by atoms with Crippen LogP contribution in [-0.2, 0) is 6.61 Å². The van der Waals surface area contributed by atoms with E-state index in [0.29, 0.717) is 12.3 Å². The topological polar surface area (TPSA) is 13.6 Å². The summed E-state index contributed by atoms with van der Waals surface area (Å²) < 4.78 is 5.59. The molecule has 0 saturated carbocycles. The number of hydrogen-bond donors (Lipinski definition) is 0. The van der Waals surface area contributed by atoms with E-state index in [0.717, 1.165) is 11.3 Å². The largest absolute Gasteiger partial charge is 0.490 e. The molecule has 0 aliphatic rings. The molecule has 0 fully saturated rings. The van der Waals surface area contributed by atoms with E-state index in [2.05, 4.69) is 4.85 Å². The molecule has 0 heterocycles. The second-order valence-corrected chi connectivity index (χ2v) is 3.38. The molecule has 0 N–H and O–H groups in total. The summed E-state index contributed by atoms with van der Waals surface area (Å²) >= 11 is 0. The van der Waals surface area contributed by atoms with Gasteiger partial charge in [-0.2, -0.15) is 0 Å². The highest BCUT2D eigenvalue weighted by Gasteiger charge is 1.96. The molecule has 78 valence electrons. The van der Waals surface area contributed by atoms with Crippen LogP contribution < -0.4 is 4.74 Å². The van der Waals surface area contributed by atoms with Crippen LogP contribution in [0.2, 0.25) is 0 Å². The number of nitrogens with zero attached hydrogens (tertiary/aromatic N) is 1. The fourth-order valence-corrected chi connectivity index (χ4v) is 1.38. The van der Waals surface area contributed by atoms with Crippen molar-refractivity contribution in [3.05, 3.63) is 71.6 Å². The maximum Gasteiger partial charge on any atom is 0.190 e. The molecule has 0 saturated heterocycles. The lowest BCUT2D eigenvalue weighted by molar-refractivity contribution is 0.306. The van der Waals surface area contributed by atoms with Crippen molar-refractivity contribution in [1.29, 1.82) is 0 Å². The van der Waals surface area contributed by atoms with E-state index < -0.39 is 0 Å². The Kier molecular flexibility index (Phi) is 3.20. The van der Waals surface area contributed by atoms with E-state index >= 15 is 0 Å². The quantitative estimate of drug-likeness (QED) is 0.701. The van der Waals surface area contributed by atoms with Crippen molar-refractivity contribution in [2.45, 2.75) is 6.61 Å². The normalized spacial score (nSPS) is 9.44. The Morgan fingerprint density at radius 1 is 1.00 bits per heavy atom. The summed E-state index contributed by atoms with van der Waals surface area (Å²) in [7, 11) is 0. The Bertz CT molecular complexity index is 500. The maximum atomic E-state index is 6.91. The van der Waals surface area contributed by atoms with Gasteiger partial charge in [0.1, 0.15) is 12.4 Å². The van der Waals surface area contributed by atoms with Gasteiger partial charge in [-0.1, -0.05) is 42.5 Å². The standard InChI is InChI=1S/C14H11NO/c1-15-13-8-5-9-14(10-13)16-11-12-6-3-2-4-7-12/h2-10H,11H2. The lowest BCUT2D eigenvalue weighted by Gasteiger charge is -2.06. The van der Waals surface area contributed by atoms with Gasteiger partial charge in [0.15, 0.2) is 5.69 Å². The summed E-state index contributed by atoms with van der Waals surface area (Å²) in [5, 5.41) is 0. The molecule has 16 heavy (non-hydrogen) atoms. The van der Waals surface area contributed by atoms with E-state index in [-0.39, 0.29) is 0 Å². The number of ether oxygens (including phenoxy) is 1. The average molecular weight is 209 g/mol. The van der Waals surface area contributed by atoms with Crippen LogP contribution in [-0.4, -0.2) is 0 Å². The highest BCUT2D eigenvalue weighted by Crippen LogP contribution is 2.20. The molecule has 0 atom stereocenters. The average Bonchev–Trinajstić information content (AvgIpc) is 2.38. The minimum atomic E-state index is 0.530. The molecule has 0 spiro atoms. The monoisotopic (exact) mass is 209 g/mol. The van der Waals surface area contributed by atoms with Crippen LogP contribution in [0.25, 0.3) is 4.85 Å². The Labute approximate surface area is 94.9 Å². The van der Waals surface area contributed by atoms with Crippen molar-refractivity contribution in [2.24, 2.45) is 0 Å². The molecule has 2 aromatic carbocycles. The van der Waals surface area contributed by atoms with E-state index in [1.165, 1.54) is 0 Å². The second-order valence-electron chi connectivity index (χ2n) is 3.38. The molecule has 0 radical (unpaired) electrons. The predicted octanol–water partition coefficient (Wildman–Crippen LogP) is 3.82. The second kappa shape index (κ2) is 4.99. The fraction of sp³-hybridized carbons (Fsp3) is 0.0714. The van der Waals surface area contributed by atoms with Crippen molar-refractivity contribution in [3.8, 4) is 5.75 Å². The Morgan fingerprint density at radius 3 is 2.56 bits per heavy atom. The van der Waals surface area contributed by atoms with Crippen LogP contribution in [0.3, 0.4) is 0 Å². The van der Waals surface area contributed by atoms with Crippen molar-refractivity contribution >= 4 is 5.69 Å². The smallest absolute Gasteiger partial charge is 0.190 e. The van der Waals surface area contributed by atoms with Gasteiger partial charge in [-0.3, -0.25) is 0 Å². The van der Waals surface area contributed by atoms with Crippen molar-refractivity contribution in [2.75, 3.05) is 0 Å². The molecular weight excluding hydrogens is 198 g/mol. The van der Waals surface area contributed by atoms with Crippen molar-refractivity contribution in [3.63, 3.8) is 0 Å². The van der Waals surface area contributed by atoms with Gasteiger partial charge in [-0.05, 0) is 17.7 Å². The summed E-state index contributed by atoms with van der Waals surface area (Å²) in [6.07, 6.45) is 0. The molecule has 0 aliphatic carbocycles. The van der Waals surface area contributed by atoms with E-state index in [9.17, 15) is 0 Å². The van der Waals surface area contributed by atoms with Crippen molar-refractivity contribution in [1.82, 2.24) is 0 Å². The zero-order valence-electron chi connectivity index (χ0n) is 8.76. The number of benzene rings is 2. The van der Waals surface area contributed by atoms with Crippen LogP contribution in [0.5, 0.6) is 5.75 Å². The number of rotatable bonds is 3. The first kappa shape index (κ1) is 10.3. The third kappa shape index (κ3) is 2.61. The molecule has 0 unspecified atom stereocenters. The highest BCUT2D eigenvalue weighted by atomic mass is 16.5. The summed E-state index contributed by atoms with van der Waals surface area (Å²) in [5.74, 6) is 0.734. The number of hydrogen-bond acceptors (Lipinski definition) is 1. The lowest BCUT2D eigenvalue weighted by atomic mass is 10.2. The fourth-order valence-electron chi connectivity index (χ4n) is 1.38. The minimum Gasteiger partial charge on any atom is -0.490 e. The first-order chi connectivity index (χ1) is 7.88. The van der Waals surface area contributed by atoms with Gasteiger partial charge in [-0.15, -0.1) is 0 Å². The van der Waals surface area contributed by atoms with E-state index in [1.54, 1.807) is 12.1 Å². The molecule has 0 aliphatic heterocycles. The van der Waals surface area contributed by atoms with Crippen LogP contribution in [0.4, 0.5) is 5.69 Å². The Hall–Kier alpha value is -2.27. The summed E-state index contributed by atoms with van der Waals surface area (Å²) in [5.41, 5.74) is 1.72. The molecule has 2 heteroatoms. The zero-order chi connectivity index (χ0) is 11.2. The summed E-state index contributed by atoms with van der Waals surface area (Å²) in [4.78, 5) is 3.36. The highest BCUT2D eigenvalue weighted by molar-refractivity contribution is 5.48. The predicted molar refractivity (Wildman–Crippen MR) is 63.5 cm³/mol. The Morgan fingerprint density at radius 2 is 1.81 bits per heavy atom.